The van der Waals surface area contributed by atoms with Crippen molar-refractivity contribution in [3.8, 4) is 11.5 Å². The first-order valence-electron chi connectivity index (χ1n) is 6.93. The van der Waals surface area contributed by atoms with Crippen LogP contribution in [0.25, 0.3) is 0 Å². The summed E-state index contributed by atoms with van der Waals surface area (Å²) < 4.78 is 0. The highest BCUT2D eigenvalue weighted by atomic mass is 16.3. The largest absolute Gasteiger partial charge is 0.504 e. The third kappa shape index (κ3) is 3.39. The van der Waals surface area contributed by atoms with E-state index in [1.165, 1.54) is 32.1 Å². The second-order valence-electron chi connectivity index (χ2n) is 5.34. The SMILES string of the molecule is CCC1CCCC(NCc2ccc(O)c(O)c2)C1. The van der Waals surface area contributed by atoms with Gasteiger partial charge in [0.05, 0.1) is 0 Å². The summed E-state index contributed by atoms with van der Waals surface area (Å²) in [7, 11) is 0. The summed E-state index contributed by atoms with van der Waals surface area (Å²) in [4.78, 5) is 0. The number of hydrogen-bond donors (Lipinski definition) is 3. The molecule has 0 amide bonds. The molecule has 0 saturated heterocycles. The first-order chi connectivity index (χ1) is 8.69. The molecule has 1 aliphatic carbocycles. The van der Waals surface area contributed by atoms with Crippen molar-refractivity contribution in [2.75, 3.05) is 0 Å². The molecule has 1 aromatic carbocycles. The van der Waals surface area contributed by atoms with E-state index in [1.807, 2.05) is 6.07 Å². The van der Waals surface area contributed by atoms with Crippen LogP contribution in [0.5, 0.6) is 11.5 Å². The summed E-state index contributed by atoms with van der Waals surface area (Å²) in [6, 6.07) is 5.62. The standard InChI is InChI=1S/C15H23NO2/c1-2-11-4-3-5-13(8-11)16-10-12-6-7-14(17)15(18)9-12/h6-7,9,11,13,16-18H,2-5,8,10H2,1H3. The summed E-state index contributed by atoms with van der Waals surface area (Å²) in [6.45, 7) is 3.03. The van der Waals surface area contributed by atoms with Crippen molar-refractivity contribution >= 4 is 0 Å². The van der Waals surface area contributed by atoms with E-state index in [0.29, 0.717) is 6.04 Å². The van der Waals surface area contributed by atoms with Crippen molar-refractivity contribution in [2.45, 2.75) is 51.6 Å². The molecule has 0 spiro atoms. The molecule has 0 radical (unpaired) electrons. The van der Waals surface area contributed by atoms with Gasteiger partial charge in [0.25, 0.3) is 0 Å². The fourth-order valence-electron chi connectivity index (χ4n) is 2.79. The smallest absolute Gasteiger partial charge is 0.157 e. The lowest BCUT2D eigenvalue weighted by Gasteiger charge is -2.29. The van der Waals surface area contributed by atoms with Crippen LogP contribution < -0.4 is 5.32 Å². The van der Waals surface area contributed by atoms with E-state index in [-0.39, 0.29) is 11.5 Å². The summed E-state index contributed by atoms with van der Waals surface area (Å²) in [5.41, 5.74) is 1.02. The Kier molecular flexibility index (Phi) is 4.48. The van der Waals surface area contributed by atoms with Crippen molar-refractivity contribution in [2.24, 2.45) is 5.92 Å². The molecule has 0 bridgehead atoms. The maximum Gasteiger partial charge on any atom is 0.157 e. The molecule has 100 valence electrons. The minimum absolute atomic E-state index is 0.0376. The van der Waals surface area contributed by atoms with Crippen molar-refractivity contribution in [3.63, 3.8) is 0 Å². The lowest BCUT2D eigenvalue weighted by molar-refractivity contribution is 0.278. The molecule has 3 heteroatoms. The Labute approximate surface area is 109 Å². The van der Waals surface area contributed by atoms with Crippen LogP contribution in [0.2, 0.25) is 0 Å². The number of benzene rings is 1. The highest BCUT2D eigenvalue weighted by molar-refractivity contribution is 5.40. The van der Waals surface area contributed by atoms with Gasteiger partial charge in [0.15, 0.2) is 11.5 Å². The number of rotatable bonds is 4. The third-order valence-corrected chi connectivity index (χ3v) is 3.99. The third-order valence-electron chi connectivity index (χ3n) is 3.99. The molecule has 0 heterocycles. The van der Waals surface area contributed by atoms with E-state index in [9.17, 15) is 10.2 Å². The van der Waals surface area contributed by atoms with E-state index < -0.39 is 0 Å². The van der Waals surface area contributed by atoms with E-state index >= 15 is 0 Å². The number of phenols is 2. The monoisotopic (exact) mass is 249 g/mol. The Bertz CT molecular complexity index is 392. The van der Waals surface area contributed by atoms with Gasteiger partial charge in [0.2, 0.25) is 0 Å². The second-order valence-corrected chi connectivity index (χ2v) is 5.34. The normalized spacial score (nSPS) is 24.1. The van der Waals surface area contributed by atoms with Crippen LogP contribution in [0, 0.1) is 5.92 Å². The topological polar surface area (TPSA) is 52.5 Å². The second kappa shape index (κ2) is 6.10. The molecular weight excluding hydrogens is 226 g/mol. The highest BCUT2D eigenvalue weighted by Crippen LogP contribution is 2.28. The van der Waals surface area contributed by atoms with Crippen LogP contribution in [-0.4, -0.2) is 16.3 Å². The molecule has 2 rings (SSSR count). The van der Waals surface area contributed by atoms with Gasteiger partial charge in [-0.1, -0.05) is 32.3 Å². The zero-order valence-corrected chi connectivity index (χ0v) is 11.0. The molecule has 0 aromatic heterocycles. The Morgan fingerprint density at radius 2 is 2.06 bits per heavy atom. The van der Waals surface area contributed by atoms with E-state index in [0.717, 1.165) is 18.0 Å². The van der Waals surface area contributed by atoms with Crippen molar-refractivity contribution in [1.82, 2.24) is 5.32 Å². The molecule has 1 fully saturated rings. The van der Waals surface area contributed by atoms with E-state index in [1.54, 1.807) is 12.1 Å². The molecular formula is C15H23NO2. The van der Waals surface area contributed by atoms with Gasteiger partial charge in [-0.3, -0.25) is 0 Å². The van der Waals surface area contributed by atoms with E-state index in [2.05, 4.69) is 12.2 Å². The number of aromatic hydroxyl groups is 2. The minimum atomic E-state index is -0.0533. The maximum absolute atomic E-state index is 9.44. The van der Waals surface area contributed by atoms with Crippen molar-refractivity contribution < 1.29 is 10.2 Å². The first kappa shape index (κ1) is 13.2. The lowest BCUT2D eigenvalue weighted by Crippen LogP contribution is -2.33. The van der Waals surface area contributed by atoms with Gasteiger partial charge < -0.3 is 15.5 Å². The van der Waals surface area contributed by atoms with Gasteiger partial charge in [0, 0.05) is 12.6 Å². The molecule has 2 unspecified atom stereocenters. The fraction of sp³-hybridized carbons (Fsp3) is 0.600. The maximum atomic E-state index is 9.44. The molecule has 18 heavy (non-hydrogen) atoms. The lowest BCUT2D eigenvalue weighted by atomic mass is 9.84. The van der Waals surface area contributed by atoms with E-state index in [4.69, 9.17) is 0 Å². The predicted molar refractivity (Wildman–Crippen MR) is 72.6 cm³/mol. The molecule has 3 nitrogen and oxygen atoms in total. The summed E-state index contributed by atoms with van der Waals surface area (Å²) >= 11 is 0. The number of nitrogens with one attached hydrogen (secondary N) is 1. The van der Waals surface area contributed by atoms with Crippen LogP contribution >= 0.6 is 0 Å². The van der Waals surface area contributed by atoms with Gasteiger partial charge in [0.1, 0.15) is 0 Å². The van der Waals surface area contributed by atoms with Crippen LogP contribution in [0.3, 0.4) is 0 Å². The number of hydrogen-bond acceptors (Lipinski definition) is 3. The van der Waals surface area contributed by atoms with Crippen molar-refractivity contribution in [3.05, 3.63) is 23.8 Å². The van der Waals surface area contributed by atoms with Crippen LogP contribution in [-0.2, 0) is 6.54 Å². The van der Waals surface area contributed by atoms with Crippen LogP contribution in [0.15, 0.2) is 18.2 Å². The Morgan fingerprint density at radius 3 is 2.78 bits per heavy atom. The fourth-order valence-corrected chi connectivity index (χ4v) is 2.79. The Hall–Kier alpha value is -1.22. The van der Waals surface area contributed by atoms with Crippen molar-refractivity contribution in [1.29, 1.82) is 0 Å². The summed E-state index contributed by atoms with van der Waals surface area (Å²) in [5, 5.41) is 22.3. The minimum Gasteiger partial charge on any atom is -0.504 e. The molecule has 2 atom stereocenters. The first-order valence-corrected chi connectivity index (χ1v) is 6.93. The quantitative estimate of drug-likeness (QED) is 0.718. The predicted octanol–water partition coefficient (Wildman–Crippen LogP) is 3.16. The van der Waals surface area contributed by atoms with Crippen LogP contribution in [0.4, 0.5) is 0 Å². The number of phenolic OH excluding ortho intramolecular Hbond substituents is 2. The zero-order valence-electron chi connectivity index (χ0n) is 11.0. The molecule has 1 aliphatic rings. The Morgan fingerprint density at radius 1 is 1.22 bits per heavy atom. The van der Waals surface area contributed by atoms with Gasteiger partial charge in [-0.15, -0.1) is 0 Å². The van der Waals surface area contributed by atoms with Gasteiger partial charge in [-0.25, -0.2) is 0 Å². The molecule has 3 N–H and O–H groups in total. The summed E-state index contributed by atoms with van der Waals surface area (Å²) in [5.74, 6) is 0.774. The molecule has 1 saturated carbocycles. The summed E-state index contributed by atoms with van der Waals surface area (Å²) in [6.07, 6.45) is 6.48. The zero-order chi connectivity index (χ0) is 13.0. The molecule has 1 aromatic rings. The molecule has 0 aliphatic heterocycles. The average Bonchev–Trinajstić information content (AvgIpc) is 2.40. The van der Waals surface area contributed by atoms with Gasteiger partial charge in [-0.2, -0.15) is 0 Å². The Balaban J connectivity index is 1.85. The van der Waals surface area contributed by atoms with Gasteiger partial charge in [-0.05, 0) is 36.5 Å². The van der Waals surface area contributed by atoms with Crippen LogP contribution in [0.1, 0.15) is 44.6 Å². The van der Waals surface area contributed by atoms with Gasteiger partial charge >= 0.3 is 0 Å². The average molecular weight is 249 g/mol. The highest BCUT2D eigenvalue weighted by Gasteiger charge is 2.20.